The number of halogens is 1. The van der Waals surface area contributed by atoms with Crippen molar-refractivity contribution in [3.63, 3.8) is 0 Å². The fourth-order valence-electron chi connectivity index (χ4n) is 1.96. The number of aryl methyl sites for hydroxylation is 2. The van der Waals surface area contributed by atoms with Crippen LogP contribution in [0, 0.1) is 13.8 Å². The molecule has 0 saturated carbocycles. The number of hydrogen-bond acceptors (Lipinski definition) is 4. The van der Waals surface area contributed by atoms with Crippen LogP contribution in [0.15, 0.2) is 40.0 Å². The van der Waals surface area contributed by atoms with Crippen LogP contribution in [0.4, 0.5) is 0 Å². The molecule has 2 rings (SSSR count). The lowest BCUT2D eigenvalue weighted by molar-refractivity contribution is -0.127. The van der Waals surface area contributed by atoms with Gasteiger partial charge < -0.3 is 4.90 Å². The summed E-state index contributed by atoms with van der Waals surface area (Å²) in [5.41, 5.74) is 2.93. The van der Waals surface area contributed by atoms with Crippen LogP contribution < -0.4 is 0 Å². The molecule has 0 N–H and O–H groups in total. The average molecular weight is 380 g/mol. The molecule has 0 spiro atoms. The largest absolute Gasteiger partial charge is 0.341 e. The fourth-order valence-corrected chi connectivity index (χ4v) is 3.27. The molecule has 0 aliphatic carbocycles. The maximum absolute atomic E-state index is 12.2. The lowest BCUT2D eigenvalue weighted by Gasteiger charge is -2.17. The number of carbonyl (C=O) groups excluding carboxylic acids is 1. The number of aromatic nitrogens is 2. The molecule has 2 aromatic rings. The lowest BCUT2D eigenvalue weighted by Crippen LogP contribution is -2.28. The van der Waals surface area contributed by atoms with E-state index in [4.69, 9.17) is 0 Å². The molecule has 0 atom stereocenters. The van der Waals surface area contributed by atoms with E-state index in [1.54, 1.807) is 4.90 Å². The number of amides is 1. The van der Waals surface area contributed by atoms with Crippen LogP contribution >= 0.6 is 27.7 Å². The van der Waals surface area contributed by atoms with Gasteiger partial charge in [-0.15, -0.1) is 0 Å². The minimum atomic E-state index is 0.0588. The minimum Gasteiger partial charge on any atom is -0.341 e. The molecule has 6 heteroatoms. The smallest absolute Gasteiger partial charge is 0.233 e. The first-order valence-electron chi connectivity index (χ1n) is 6.88. The average Bonchev–Trinajstić information content (AvgIpc) is 2.46. The zero-order valence-corrected chi connectivity index (χ0v) is 15.2. The van der Waals surface area contributed by atoms with Crippen LogP contribution in [0.5, 0.6) is 0 Å². The standard InChI is InChI=1S/C16H18BrN3OS/c1-11-8-12(2)19-16(18-11)22-10-15(21)20(3)9-13-6-4-5-7-14(13)17/h4-8H,9-10H2,1-3H3. The SMILES string of the molecule is Cc1cc(C)nc(SCC(=O)N(C)Cc2ccccc2Br)n1. The second-order valence-corrected chi connectivity index (χ2v) is 6.86. The van der Waals surface area contributed by atoms with Crippen LogP contribution in [0.3, 0.4) is 0 Å². The van der Waals surface area contributed by atoms with Crippen molar-refractivity contribution in [2.75, 3.05) is 12.8 Å². The molecule has 0 unspecified atom stereocenters. The Hall–Kier alpha value is -1.40. The van der Waals surface area contributed by atoms with Crippen molar-refractivity contribution >= 4 is 33.6 Å². The van der Waals surface area contributed by atoms with E-state index in [-0.39, 0.29) is 5.91 Å². The second kappa shape index (κ2) is 7.74. The molecule has 1 heterocycles. The number of hydrogen-bond donors (Lipinski definition) is 0. The van der Waals surface area contributed by atoms with Gasteiger partial charge in [-0.2, -0.15) is 0 Å². The highest BCUT2D eigenvalue weighted by Crippen LogP contribution is 2.19. The third kappa shape index (κ3) is 4.81. The number of nitrogens with zero attached hydrogens (tertiary/aromatic N) is 3. The zero-order valence-electron chi connectivity index (χ0n) is 12.8. The molecular weight excluding hydrogens is 362 g/mol. The van der Waals surface area contributed by atoms with E-state index in [1.165, 1.54) is 11.8 Å². The van der Waals surface area contributed by atoms with Crippen molar-refractivity contribution in [2.24, 2.45) is 0 Å². The zero-order chi connectivity index (χ0) is 16.1. The lowest BCUT2D eigenvalue weighted by atomic mass is 10.2. The molecule has 1 aromatic heterocycles. The van der Waals surface area contributed by atoms with Crippen molar-refractivity contribution in [3.05, 3.63) is 51.8 Å². The molecule has 0 bridgehead atoms. The van der Waals surface area contributed by atoms with Gasteiger partial charge in [0.05, 0.1) is 5.75 Å². The Balaban J connectivity index is 1.93. The summed E-state index contributed by atoms with van der Waals surface area (Å²) in [6.07, 6.45) is 0. The first kappa shape index (κ1) is 17.0. The molecule has 1 amide bonds. The predicted octanol–water partition coefficient (Wildman–Crippen LogP) is 3.61. The summed E-state index contributed by atoms with van der Waals surface area (Å²) < 4.78 is 1.01. The van der Waals surface area contributed by atoms with Crippen molar-refractivity contribution in [2.45, 2.75) is 25.5 Å². The van der Waals surface area contributed by atoms with Crippen molar-refractivity contribution in [3.8, 4) is 0 Å². The van der Waals surface area contributed by atoms with Crippen molar-refractivity contribution in [1.29, 1.82) is 0 Å². The predicted molar refractivity (Wildman–Crippen MR) is 92.8 cm³/mol. The highest BCUT2D eigenvalue weighted by Gasteiger charge is 2.12. The topological polar surface area (TPSA) is 46.1 Å². The Labute approximate surface area is 143 Å². The maximum atomic E-state index is 12.2. The van der Waals surface area contributed by atoms with Gasteiger partial charge in [-0.05, 0) is 31.5 Å². The van der Waals surface area contributed by atoms with Gasteiger partial charge in [0.15, 0.2) is 5.16 Å². The normalized spacial score (nSPS) is 10.5. The summed E-state index contributed by atoms with van der Waals surface area (Å²) in [6, 6.07) is 9.84. The molecule has 0 aliphatic heterocycles. The molecule has 116 valence electrons. The molecule has 4 nitrogen and oxygen atoms in total. The molecule has 1 aromatic carbocycles. The van der Waals surface area contributed by atoms with E-state index in [0.29, 0.717) is 17.5 Å². The second-order valence-electron chi connectivity index (χ2n) is 5.06. The summed E-state index contributed by atoms with van der Waals surface area (Å²) in [7, 11) is 1.81. The van der Waals surface area contributed by atoms with Gasteiger partial charge in [-0.3, -0.25) is 4.79 Å². The van der Waals surface area contributed by atoms with Gasteiger partial charge in [0.1, 0.15) is 0 Å². The summed E-state index contributed by atoms with van der Waals surface area (Å²) in [5.74, 6) is 0.396. The van der Waals surface area contributed by atoms with Gasteiger partial charge in [0.2, 0.25) is 5.91 Å². The number of rotatable bonds is 5. The third-order valence-corrected chi connectivity index (χ3v) is 4.68. The van der Waals surface area contributed by atoms with Crippen LogP contribution in [-0.4, -0.2) is 33.6 Å². The van der Waals surface area contributed by atoms with E-state index in [1.807, 2.05) is 51.2 Å². The Bertz CT molecular complexity index is 658. The van der Waals surface area contributed by atoms with Gasteiger partial charge >= 0.3 is 0 Å². The fraction of sp³-hybridized carbons (Fsp3) is 0.312. The highest BCUT2D eigenvalue weighted by atomic mass is 79.9. The van der Waals surface area contributed by atoms with E-state index < -0.39 is 0 Å². The quantitative estimate of drug-likeness (QED) is 0.587. The number of thioether (sulfide) groups is 1. The Morgan fingerprint density at radius 2 is 1.86 bits per heavy atom. The molecule has 0 aliphatic rings. The first-order valence-corrected chi connectivity index (χ1v) is 8.66. The van der Waals surface area contributed by atoms with Crippen LogP contribution in [0.1, 0.15) is 17.0 Å². The molecule has 0 radical (unpaired) electrons. The van der Waals surface area contributed by atoms with Gasteiger partial charge in [0.25, 0.3) is 0 Å². The van der Waals surface area contributed by atoms with Gasteiger partial charge in [0, 0.05) is 29.5 Å². The van der Waals surface area contributed by atoms with Crippen molar-refractivity contribution < 1.29 is 4.79 Å². The van der Waals surface area contributed by atoms with E-state index in [0.717, 1.165) is 21.4 Å². The number of benzene rings is 1. The maximum Gasteiger partial charge on any atom is 0.233 e. The third-order valence-electron chi connectivity index (χ3n) is 3.08. The summed E-state index contributed by atoms with van der Waals surface area (Å²) >= 11 is 4.88. The van der Waals surface area contributed by atoms with E-state index >= 15 is 0 Å². The van der Waals surface area contributed by atoms with Crippen LogP contribution in [0.2, 0.25) is 0 Å². The number of carbonyl (C=O) groups is 1. The van der Waals surface area contributed by atoms with E-state index in [2.05, 4.69) is 25.9 Å². The summed E-state index contributed by atoms with van der Waals surface area (Å²) in [4.78, 5) is 22.6. The van der Waals surface area contributed by atoms with Crippen LogP contribution in [-0.2, 0) is 11.3 Å². The van der Waals surface area contributed by atoms with Gasteiger partial charge in [-0.1, -0.05) is 45.9 Å². The van der Waals surface area contributed by atoms with E-state index in [9.17, 15) is 4.79 Å². The van der Waals surface area contributed by atoms with Crippen LogP contribution in [0.25, 0.3) is 0 Å². The Morgan fingerprint density at radius 3 is 2.50 bits per heavy atom. The Kier molecular flexibility index (Phi) is 5.97. The van der Waals surface area contributed by atoms with Gasteiger partial charge in [-0.25, -0.2) is 9.97 Å². The molecule has 0 saturated heterocycles. The molecule has 0 fully saturated rings. The first-order chi connectivity index (χ1) is 10.5. The summed E-state index contributed by atoms with van der Waals surface area (Å²) in [6.45, 7) is 4.44. The minimum absolute atomic E-state index is 0.0588. The molecular formula is C16H18BrN3OS. The highest BCUT2D eigenvalue weighted by molar-refractivity contribution is 9.10. The summed E-state index contributed by atoms with van der Waals surface area (Å²) in [5, 5.41) is 0.653. The van der Waals surface area contributed by atoms with Crippen molar-refractivity contribution in [1.82, 2.24) is 14.9 Å². The molecule has 22 heavy (non-hydrogen) atoms. The Morgan fingerprint density at radius 1 is 1.23 bits per heavy atom. The monoisotopic (exact) mass is 379 g/mol.